The maximum absolute atomic E-state index is 10.7. The minimum absolute atomic E-state index is 0.00591. The summed E-state index contributed by atoms with van der Waals surface area (Å²) in [5.74, 6) is -1.15. The summed E-state index contributed by atoms with van der Waals surface area (Å²) in [6.45, 7) is 1.24. The molecule has 2 heterocycles. The van der Waals surface area contributed by atoms with E-state index >= 15 is 0 Å². The van der Waals surface area contributed by atoms with Gasteiger partial charge in [0.1, 0.15) is 0 Å². The number of carboxylic acids is 2. The lowest BCUT2D eigenvalue weighted by atomic mass is 10.0. The molecule has 7 nitrogen and oxygen atoms in total. The number of aromatic nitrogens is 2. The number of aromatic carboxylic acids is 1. The van der Waals surface area contributed by atoms with Crippen LogP contribution in [0.2, 0.25) is 0 Å². The third-order valence-electron chi connectivity index (χ3n) is 2.77. The van der Waals surface area contributed by atoms with Gasteiger partial charge in [-0.1, -0.05) is 0 Å². The molecule has 1 aliphatic heterocycles. The maximum atomic E-state index is 10.7. The number of hydrogen-bond donors (Lipinski definition) is 3. The number of anilines is 1. The Labute approximate surface area is 97.1 Å². The normalized spacial score (nSPS) is 18.2. The number of nitrogens with one attached hydrogen (secondary N) is 1. The van der Waals surface area contributed by atoms with Crippen molar-refractivity contribution in [3.8, 4) is 0 Å². The summed E-state index contributed by atoms with van der Waals surface area (Å²) in [5.41, 5.74) is 0.00591. The number of imidazole rings is 1. The zero-order chi connectivity index (χ0) is 12.4. The molecule has 1 aromatic heterocycles. The number of carbonyl (C=O) groups is 2. The van der Waals surface area contributed by atoms with E-state index in [0.717, 1.165) is 0 Å². The Bertz CT molecular complexity index is 454. The molecule has 0 aliphatic carbocycles. The zero-order valence-corrected chi connectivity index (χ0v) is 9.09. The van der Waals surface area contributed by atoms with Crippen molar-refractivity contribution >= 4 is 17.9 Å². The van der Waals surface area contributed by atoms with E-state index in [9.17, 15) is 9.59 Å². The van der Waals surface area contributed by atoms with E-state index in [1.54, 1.807) is 4.57 Å². The van der Waals surface area contributed by atoms with Crippen LogP contribution in [0.4, 0.5) is 5.95 Å². The number of hydrogen-bond acceptors (Lipinski definition) is 4. The van der Waals surface area contributed by atoms with Gasteiger partial charge in [0.2, 0.25) is 5.95 Å². The summed E-state index contributed by atoms with van der Waals surface area (Å²) in [7, 11) is 0. The highest BCUT2D eigenvalue weighted by Gasteiger charge is 2.22. The molecule has 0 saturated carbocycles. The molecule has 1 aliphatic rings. The average molecular weight is 239 g/mol. The molecule has 92 valence electrons. The minimum Gasteiger partial charge on any atom is -0.481 e. The first-order chi connectivity index (χ1) is 8.06. The molecule has 0 bridgehead atoms. The summed E-state index contributed by atoms with van der Waals surface area (Å²) < 4.78 is 1.72. The van der Waals surface area contributed by atoms with E-state index in [1.165, 1.54) is 6.20 Å². The molecule has 0 saturated heterocycles. The van der Waals surface area contributed by atoms with Gasteiger partial charge in [-0.2, -0.15) is 0 Å². The Morgan fingerprint density at radius 2 is 2.29 bits per heavy atom. The first kappa shape index (κ1) is 11.4. The third kappa shape index (κ3) is 2.55. The van der Waals surface area contributed by atoms with Gasteiger partial charge in [0.25, 0.3) is 0 Å². The van der Waals surface area contributed by atoms with Crippen LogP contribution in [0.1, 0.15) is 23.3 Å². The van der Waals surface area contributed by atoms with Gasteiger partial charge in [-0.15, -0.1) is 0 Å². The molecule has 3 N–H and O–H groups in total. The van der Waals surface area contributed by atoms with Crippen LogP contribution >= 0.6 is 0 Å². The van der Waals surface area contributed by atoms with Gasteiger partial charge in [-0.05, 0) is 12.3 Å². The first-order valence-corrected chi connectivity index (χ1v) is 5.32. The standard InChI is InChI=1S/C10H13N3O4/c14-8(15)2-1-6-3-11-10-12-7(9(16)17)5-13(10)4-6/h5-6H,1-4H2,(H,11,12)(H,14,15)(H,16,17). The zero-order valence-electron chi connectivity index (χ0n) is 9.09. The fourth-order valence-electron chi connectivity index (χ4n) is 1.90. The van der Waals surface area contributed by atoms with E-state index < -0.39 is 11.9 Å². The lowest BCUT2D eigenvalue weighted by molar-refractivity contribution is -0.137. The molecule has 7 heteroatoms. The van der Waals surface area contributed by atoms with Crippen LogP contribution in [0.25, 0.3) is 0 Å². The van der Waals surface area contributed by atoms with E-state index in [1.807, 2.05) is 0 Å². The van der Waals surface area contributed by atoms with Crippen molar-refractivity contribution < 1.29 is 19.8 Å². The number of aliphatic carboxylic acids is 1. The van der Waals surface area contributed by atoms with Crippen molar-refractivity contribution in [1.82, 2.24) is 9.55 Å². The molecular formula is C10H13N3O4. The van der Waals surface area contributed by atoms with Gasteiger partial charge in [-0.25, -0.2) is 9.78 Å². The van der Waals surface area contributed by atoms with E-state index in [-0.39, 0.29) is 18.0 Å². The maximum Gasteiger partial charge on any atom is 0.356 e. The Morgan fingerprint density at radius 1 is 1.53 bits per heavy atom. The van der Waals surface area contributed by atoms with Gasteiger partial charge in [-0.3, -0.25) is 4.79 Å². The van der Waals surface area contributed by atoms with Crippen LogP contribution in [0, 0.1) is 5.92 Å². The van der Waals surface area contributed by atoms with E-state index in [0.29, 0.717) is 25.5 Å². The van der Waals surface area contributed by atoms with Crippen LogP contribution in [0.15, 0.2) is 6.20 Å². The SMILES string of the molecule is O=C(O)CCC1CNc2nc(C(=O)O)cn2C1. The van der Waals surface area contributed by atoms with Gasteiger partial charge in [0, 0.05) is 25.7 Å². The number of carboxylic acid groups (broad SMARTS) is 2. The van der Waals surface area contributed by atoms with Gasteiger partial charge < -0.3 is 20.1 Å². The van der Waals surface area contributed by atoms with Crippen molar-refractivity contribution in [1.29, 1.82) is 0 Å². The smallest absolute Gasteiger partial charge is 0.356 e. The molecule has 1 unspecified atom stereocenters. The second kappa shape index (κ2) is 4.44. The largest absolute Gasteiger partial charge is 0.481 e. The van der Waals surface area contributed by atoms with Crippen LogP contribution < -0.4 is 5.32 Å². The third-order valence-corrected chi connectivity index (χ3v) is 2.77. The lowest BCUT2D eigenvalue weighted by Crippen LogP contribution is -2.27. The average Bonchev–Trinajstić information content (AvgIpc) is 2.69. The van der Waals surface area contributed by atoms with Gasteiger partial charge >= 0.3 is 11.9 Å². The summed E-state index contributed by atoms with van der Waals surface area (Å²) in [4.78, 5) is 25.1. The molecular weight excluding hydrogens is 226 g/mol. The second-order valence-electron chi connectivity index (χ2n) is 4.09. The molecule has 2 rings (SSSR count). The van der Waals surface area contributed by atoms with Crippen LogP contribution in [0.5, 0.6) is 0 Å². The molecule has 0 spiro atoms. The van der Waals surface area contributed by atoms with Crippen LogP contribution in [0.3, 0.4) is 0 Å². The first-order valence-electron chi connectivity index (χ1n) is 5.32. The highest BCUT2D eigenvalue weighted by atomic mass is 16.4. The predicted octanol–water partition coefficient (Wildman–Crippen LogP) is 0.488. The summed E-state index contributed by atoms with van der Waals surface area (Å²) in [6.07, 6.45) is 2.17. The highest BCUT2D eigenvalue weighted by molar-refractivity contribution is 5.85. The van der Waals surface area contributed by atoms with Crippen molar-refractivity contribution in [2.24, 2.45) is 5.92 Å². The van der Waals surface area contributed by atoms with Gasteiger partial charge in [0.05, 0.1) is 0 Å². The molecule has 0 radical (unpaired) electrons. The highest BCUT2D eigenvalue weighted by Crippen LogP contribution is 2.20. The van der Waals surface area contributed by atoms with E-state index in [4.69, 9.17) is 10.2 Å². The second-order valence-corrected chi connectivity index (χ2v) is 4.09. The van der Waals surface area contributed by atoms with Crippen molar-refractivity contribution in [2.75, 3.05) is 11.9 Å². The van der Waals surface area contributed by atoms with Gasteiger partial charge in [0.15, 0.2) is 5.69 Å². The molecule has 0 amide bonds. The van der Waals surface area contributed by atoms with Crippen molar-refractivity contribution in [3.05, 3.63) is 11.9 Å². The monoisotopic (exact) mass is 239 g/mol. The fraction of sp³-hybridized carbons (Fsp3) is 0.500. The minimum atomic E-state index is -1.06. The number of nitrogens with zero attached hydrogens (tertiary/aromatic N) is 2. The summed E-state index contributed by atoms with van der Waals surface area (Å²) in [6, 6.07) is 0. The summed E-state index contributed by atoms with van der Waals surface area (Å²) >= 11 is 0. The Balaban J connectivity index is 2.03. The Kier molecular flexibility index (Phi) is 2.99. The molecule has 0 aromatic carbocycles. The molecule has 1 aromatic rings. The Hall–Kier alpha value is -2.05. The molecule has 0 fully saturated rings. The number of fused-ring (bicyclic) bond motifs is 1. The van der Waals surface area contributed by atoms with Crippen LogP contribution in [-0.4, -0.2) is 38.2 Å². The van der Waals surface area contributed by atoms with Crippen molar-refractivity contribution in [2.45, 2.75) is 19.4 Å². The van der Waals surface area contributed by atoms with Crippen LogP contribution in [-0.2, 0) is 11.3 Å². The quantitative estimate of drug-likeness (QED) is 0.706. The fourth-order valence-corrected chi connectivity index (χ4v) is 1.90. The Morgan fingerprint density at radius 3 is 2.94 bits per heavy atom. The summed E-state index contributed by atoms with van der Waals surface area (Å²) in [5, 5.41) is 20.4. The number of rotatable bonds is 4. The molecule has 17 heavy (non-hydrogen) atoms. The molecule has 1 atom stereocenters. The predicted molar refractivity (Wildman–Crippen MR) is 58.0 cm³/mol. The lowest BCUT2D eigenvalue weighted by Gasteiger charge is -2.24. The van der Waals surface area contributed by atoms with E-state index in [2.05, 4.69) is 10.3 Å². The van der Waals surface area contributed by atoms with Crippen molar-refractivity contribution in [3.63, 3.8) is 0 Å². The topological polar surface area (TPSA) is 104 Å².